The highest BCUT2D eigenvalue weighted by molar-refractivity contribution is 6.07. The van der Waals surface area contributed by atoms with Gasteiger partial charge in [0, 0.05) is 30.2 Å². The Balaban J connectivity index is 1.35. The number of likely N-dealkylation sites (tertiary alicyclic amines) is 1. The molecule has 1 unspecified atom stereocenters. The summed E-state index contributed by atoms with van der Waals surface area (Å²) in [6.45, 7) is 1.10. The fraction of sp³-hybridized carbons (Fsp3) is 0.192. The fourth-order valence-corrected chi connectivity index (χ4v) is 4.40. The molecule has 31 heavy (non-hydrogen) atoms. The quantitative estimate of drug-likeness (QED) is 0.525. The summed E-state index contributed by atoms with van der Waals surface area (Å²) in [5.41, 5.74) is 2.30. The molecule has 0 spiro atoms. The topological polar surface area (TPSA) is 62.3 Å². The molecule has 3 aromatic carbocycles. The third-order valence-electron chi connectivity index (χ3n) is 6.00. The molecule has 0 aliphatic carbocycles. The second-order valence-electron chi connectivity index (χ2n) is 7.98. The van der Waals surface area contributed by atoms with Crippen LogP contribution in [-0.4, -0.2) is 34.8 Å². The second kappa shape index (κ2) is 8.19. The Kier molecular flexibility index (Phi) is 5.08. The van der Waals surface area contributed by atoms with Crippen molar-refractivity contribution in [2.75, 3.05) is 18.4 Å². The van der Waals surface area contributed by atoms with Crippen molar-refractivity contribution in [1.82, 2.24) is 9.88 Å². The standard InChI is InChI=1S/C26H23N3O2/c30-25(28-24-14-4-13-23-22(24)12-5-15-27-23)19-9-6-16-29(17-19)26(31)21-11-3-8-18-7-1-2-10-20(18)21/h1-5,7-8,10-15,19H,6,9,16-17H2,(H,28,30). The van der Waals surface area contributed by atoms with Gasteiger partial charge in [0.1, 0.15) is 0 Å². The molecular weight excluding hydrogens is 386 g/mol. The highest BCUT2D eigenvalue weighted by Crippen LogP contribution is 2.26. The van der Waals surface area contributed by atoms with Crippen LogP contribution in [0, 0.1) is 5.92 Å². The molecule has 0 saturated carbocycles. The summed E-state index contributed by atoms with van der Waals surface area (Å²) in [6, 6.07) is 23.2. The summed E-state index contributed by atoms with van der Waals surface area (Å²) < 4.78 is 0. The minimum Gasteiger partial charge on any atom is -0.338 e. The summed E-state index contributed by atoms with van der Waals surface area (Å²) in [4.78, 5) is 32.5. The SMILES string of the molecule is O=C(Nc1cccc2ncccc12)C1CCCN(C(=O)c2cccc3ccccc23)C1. The summed E-state index contributed by atoms with van der Waals surface area (Å²) in [5.74, 6) is -0.296. The van der Waals surface area contributed by atoms with Crippen molar-refractivity contribution in [3.63, 3.8) is 0 Å². The number of rotatable bonds is 3. The number of anilines is 1. The van der Waals surface area contributed by atoms with Crippen molar-refractivity contribution >= 4 is 39.2 Å². The van der Waals surface area contributed by atoms with Crippen LogP contribution in [0.15, 0.2) is 79.0 Å². The molecule has 5 heteroatoms. The van der Waals surface area contributed by atoms with Gasteiger partial charge in [-0.25, -0.2) is 0 Å². The van der Waals surface area contributed by atoms with Gasteiger partial charge in [0.2, 0.25) is 5.91 Å². The van der Waals surface area contributed by atoms with E-state index in [1.54, 1.807) is 6.20 Å². The lowest BCUT2D eigenvalue weighted by Gasteiger charge is -2.32. The molecule has 154 valence electrons. The van der Waals surface area contributed by atoms with Gasteiger partial charge in [-0.3, -0.25) is 14.6 Å². The Bertz CT molecular complexity index is 1270. The Hall–Kier alpha value is -3.73. The molecule has 2 heterocycles. The van der Waals surface area contributed by atoms with Gasteiger partial charge in [0.05, 0.1) is 17.1 Å². The molecule has 1 aliphatic rings. The number of piperidine rings is 1. The fourth-order valence-electron chi connectivity index (χ4n) is 4.40. The first-order chi connectivity index (χ1) is 15.2. The maximum atomic E-state index is 13.3. The third kappa shape index (κ3) is 3.75. The van der Waals surface area contributed by atoms with Gasteiger partial charge >= 0.3 is 0 Å². The molecule has 0 bridgehead atoms. The number of aromatic nitrogens is 1. The number of amides is 2. The van der Waals surface area contributed by atoms with Crippen LogP contribution in [0.2, 0.25) is 0 Å². The molecule has 5 rings (SSSR count). The number of fused-ring (bicyclic) bond motifs is 2. The first kappa shape index (κ1) is 19.2. The van der Waals surface area contributed by atoms with Crippen molar-refractivity contribution < 1.29 is 9.59 Å². The first-order valence-corrected chi connectivity index (χ1v) is 10.6. The molecule has 1 N–H and O–H groups in total. The molecule has 4 aromatic rings. The first-order valence-electron chi connectivity index (χ1n) is 10.6. The van der Waals surface area contributed by atoms with Gasteiger partial charge in [-0.05, 0) is 53.9 Å². The van der Waals surface area contributed by atoms with Crippen molar-refractivity contribution in [3.8, 4) is 0 Å². The summed E-state index contributed by atoms with van der Waals surface area (Å²) in [6.07, 6.45) is 3.33. The lowest BCUT2D eigenvalue weighted by molar-refractivity contribution is -0.121. The number of carbonyl (C=O) groups excluding carboxylic acids is 2. The smallest absolute Gasteiger partial charge is 0.254 e. The van der Waals surface area contributed by atoms with E-state index in [1.165, 1.54) is 0 Å². The van der Waals surface area contributed by atoms with Crippen molar-refractivity contribution in [3.05, 3.63) is 84.6 Å². The number of nitrogens with one attached hydrogen (secondary N) is 1. The van der Waals surface area contributed by atoms with Gasteiger partial charge < -0.3 is 10.2 Å². The van der Waals surface area contributed by atoms with E-state index in [0.717, 1.165) is 40.2 Å². The maximum Gasteiger partial charge on any atom is 0.254 e. The predicted octanol–water partition coefficient (Wildman–Crippen LogP) is 4.88. The van der Waals surface area contributed by atoms with E-state index in [-0.39, 0.29) is 17.7 Å². The van der Waals surface area contributed by atoms with Crippen LogP contribution in [0.1, 0.15) is 23.2 Å². The molecule has 0 radical (unpaired) electrons. The zero-order chi connectivity index (χ0) is 21.2. The van der Waals surface area contributed by atoms with E-state index >= 15 is 0 Å². The monoisotopic (exact) mass is 409 g/mol. The highest BCUT2D eigenvalue weighted by atomic mass is 16.2. The zero-order valence-corrected chi connectivity index (χ0v) is 17.1. The van der Waals surface area contributed by atoms with Crippen LogP contribution in [0.4, 0.5) is 5.69 Å². The largest absolute Gasteiger partial charge is 0.338 e. The Morgan fingerprint density at radius 3 is 2.65 bits per heavy atom. The number of nitrogens with zero attached hydrogens (tertiary/aromatic N) is 2. The minimum atomic E-state index is -0.236. The van der Waals surface area contributed by atoms with E-state index < -0.39 is 0 Å². The second-order valence-corrected chi connectivity index (χ2v) is 7.98. The van der Waals surface area contributed by atoms with E-state index in [0.29, 0.717) is 18.7 Å². The Labute approximate surface area is 180 Å². The number of hydrogen-bond donors (Lipinski definition) is 1. The highest BCUT2D eigenvalue weighted by Gasteiger charge is 2.29. The molecule has 2 amide bonds. The molecule has 1 atom stereocenters. The van der Waals surface area contributed by atoms with Gasteiger partial charge in [0.15, 0.2) is 0 Å². The average Bonchev–Trinajstić information content (AvgIpc) is 2.83. The number of hydrogen-bond acceptors (Lipinski definition) is 3. The van der Waals surface area contributed by atoms with Gasteiger partial charge in [0.25, 0.3) is 5.91 Å². The van der Waals surface area contributed by atoms with Crippen molar-refractivity contribution in [2.24, 2.45) is 5.92 Å². The molecule has 1 saturated heterocycles. The van der Waals surface area contributed by atoms with Crippen molar-refractivity contribution in [2.45, 2.75) is 12.8 Å². The maximum absolute atomic E-state index is 13.3. The van der Waals surface area contributed by atoms with Crippen molar-refractivity contribution in [1.29, 1.82) is 0 Å². The van der Waals surface area contributed by atoms with Crippen LogP contribution in [-0.2, 0) is 4.79 Å². The number of pyridine rings is 1. The lowest BCUT2D eigenvalue weighted by Crippen LogP contribution is -2.43. The van der Waals surface area contributed by atoms with Gasteiger partial charge in [-0.15, -0.1) is 0 Å². The van der Waals surface area contributed by atoms with Crippen LogP contribution in [0.5, 0.6) is 0 Å². The normalized spacial score (nSPS) is 16.4. The molecule has 1 fully saturated rings. The van der Waals surface area contributed by atoms with E-state index in [1.807, 2.05) is 77.7 Å². The van der Waals surface area contributed by atoms with Crippen LogP contribution < -0.4 is 5.32 Å². The van der Waals surface area contributed by atoms with E-state index in [2.05, 4.69) is 10.3 Å². The van der Waals surface area contributed by atoms with E-state index in [4.69, 9.17) is 0 Å². The minimum absolute atomic E-state index is 0.0105. The van der Waals surface area contributed by atoms with Crippen LogP contribution in [0.25, 0.3) is 21.7 Å². The average molecular weight is 409 g/mol. The van der Waals surface area contributed by atoms with Crippen LogP contribution in [0.3, 0.4) is 0 Å². The summed E-state index contributed by atoms with van der Waals surface area (Å²) in [7, 11) is 0. The van der Waals surface area contributed by atoms with Crippen LogP contribution >= 0.6 is 0 Å². The molecule has 5 nitrogen and oxygen atoms in total. The molecule has 1 aliphatic heterocycles. The number of carbonyl (C=O) groups is 2. The Morgan fingerprint density at radius 2 is 1.71 bits per heavy atom. The summed E-state index contributed by atoms with van der Waals surface area (Å²) >= 11 is 0. The molecular formula is C26H23N3O2. The Morgan fingerprint density at radius 1 is 0.903 bits per heavy atom. The van der Waals surface area contributed by atoms with Gasteiger partial charge in [-0.2, -0.15) is 0 Å². The number of benzene rings is 3. The molecule has 1 aromatic heterocycles. The lowest BCUT2D eigenvalue weighted by atomic mass is 9.95. The van der Waals surface area contributed by atoms with Gasteiger partial charge in [-0.1, -0.05) is 42.5 Å². The third-order valence-corrected chi connectivity index (χ3v) is 6.00. The zero-order valence-electron chi connectivity index (χ0n) is 17.1. The van der Waals surface area contributed by atoms with E-state index in [9.17, 15) is 9.59 Å². The summed E-state index contributed by atoms with van der Waals surface area (Å²) in [5, 5.41) is 5.98. The predicted molar refractivity (Wildman–Crippen MR) is 123 cm³/mol.